The molecule has 0 aliphatic rings. The number of fused-ring (bicyclic) bond motifs is 1. The molecular weight excluding hydrogens is 196 g/mol. The summed E-state index contributed by atoms with van der Waals surface area (Å²) in [5.74, 6) is 0. The van der Waals surface area contributed by atoms with E-state index in [0.717, 1.165) is 16.6 Å². The Balaban J connectivity index is 2.70. The zero-order valence-electron chi connectivity index (χ0n) is 8.77. The molecule has 0 saturated heterocycles. The molecule has 2 aromatic rings. The molecule has 0 saturated carbocycles. The van der Waals surface area contributed by atoms with Gasteiger partial charge in [0.15, 0.2) is 12.7 Å². The molecule has 0 unspecified atom stereocenters. The summed E-state index contributed by atoms with van der Waals surface area (Å²) in [6.45, 7) is 3.69. The molecule has 2 rings (SSSR count). The van der Waals surface area contributed by atoms with Gasteiger partial charge in [-0.3, -0.25) is 0 Å². The van der Waals surface area contributed by atoms with Crippen LogP contribution in [0.3, 0.4) is 0 Å². The average molecular weight is 207 g/mol. The zero-order chi connectivity index (χ0) is 11.0. The highest BCUT2D eigenvalue weighted by Crippen LogP contribution is 2.27. The van der Waals surface area contributed by atoms with E-state index < -0.39 is 0 Å². The first-order valence-corrected chi connectivity index (χ1v) is 4.51. The van der Waals surface area contributed by atoms with Gasteiger partial charge in [0.05, 0.1) is 16.0 Å². The van der Waals surface area contributed by atoms with Gasteiger partial charge in [0.1, 0.15) is 0 Å². The number of aromatic nitrogens is 1. The molecule has 0 fully saturated rings. The van der Waals surface area contributed by atoms with E-state index in [2.05, 4.69) is 9.99 Å². The first-order valence-electron chi connectivity index (χ1n) is 4.51. The van der Waals surface area contributed by atoms with Crippen LogP contribution < -0.4 is 0 Å². The summed E-state index contributed by atoms with van der Waals surface area (Å²) in [6, 6.07) is 3.40. The van der Waals surface area contributed by atoms with E-state index in [1.165, 1.54) is 7.11 Å². The molecule has 0 aliphatic carbocycles. The second-order valence-electron chi connectivity index (χ2n) is 3.35. The SMILES string of the molecule is CO[N+](=O)c1cc(C)c2onc(C)c2c1. The van der Waals surface area contributed by atoms with E-state index in [1.807, 2.05) is 13.8 Å². The average Bonchev–Trinajstić information content (AvgIpc) is 2.60. The van der Waals surface area contributed by atoms with E-state index in [1.54, 1.807) is 12.1 Å². The summed E-state index contributed by atoms with van der Waals surface area (Å²) in [6.07, 6.45) is 0. The third-order valence-electron chi connectivity index (χ3n) is 2.30. The quantitative estimate of drug-likeness (QED) is 0.709. The fourth-order valence-corrected chi connectivity index (χ4v) is 1.52. The van der Waals surface area contributed by atoms with Crippen LogP contribution in [0.1, 0.15) is 11.3 Å². The molecular formula is C10H11N2O3+. The van der Waals surface area contributed by atoms with Gasteiger partial charge in [-0.05, 0) is 13.8 Å². The highest BCUT2D eigenvalue weighted by molar-refractivity contribution is 5.84. The summed E-state index contributed by atoms with van der Waals surface area (Å²) < 4.78 is 5.14. The molecule has 15 heavy (non-hydrogen) atoms. The number of benzene rings is 1. The van der Waals surface area contributed by atoms with Crippen molar-refractivity contribution in [1.82, 2.24) is 5.16 Å². The molecule has 0 amide bonds. The molecule has 5 nitrogen and oxygen atoms in total. The molecule has 1 heterocycles. The van der Waals surface area contributed by atoms with Gasteiger partial charge in [0, 0.05) is 17.7 Å². The second kappa shape index (κ2) is 3.34. The van der Waals surface area contributed by atoms with Crippen LogP contribution in [0.15, 0.2) is 16.7 Å². The molecule has 0 bridgehead atoms. The van der Waals surface area contributed by atoms with E-state index in [0.29, 0.717) is 16.2 Å². The first-order chi connectivity index (χ1) is 7.13. The molecule has 78 valence electrons. The Hall–Kier alpha value is -1.91. The van der Waals surface area contributed by atoms with E-state index in [-0.39, 0.29) is 0 Å². The van der Waals surface area contributed by atoms with Gasteiger partial charge in [0.2, 0.25) is 0 Å². The van der Waals surface area contributed by atoms with Crippen molar-refractivity contribution in [2.24, 2.45) is 0 Å². The Kier molecular flexibility index (Phi) is 2.15. The molecule has 5 heteroatoms. The Bertz CT molecular complexity index is 531. The van der Waals surface area contributed by atoms with Crippen LogP contribution in [0.4, 0.5) is 5.69 Å². The smallest absolute Gasteiger partial charge is 0.317 e. The minimum absolute atomic E-state index is 0.439. The molecule has 0 radical (unpaired) electrons. The lowest BCUT2D eigenvalue weighted by molar-refractivity contribution is -0.736. The van der Waals surface area contributed by atoms with Crippen LogP contribution in [-0.2, 0) is 4.84 Å². The van der Waals surface area contributed by atoms with Crippen LogP contribution in [-0.4, -0.2) is 17.2 Å². The number of hydrogen-bond donors (Lipinski definition) is 0. The van der Waals surface area contributed by atoms with E-state index in [4.69, 9.17) is 4.52 Å². The summed E-state index contributed by atoms with van der Waals surface area (Å²) in [5.41, 5.74) is 2.77. The van der Waals surface area contributed by atoms with Crippen molar-refractivity contribution in [3.8, 4) is 0 Å². The fourth-order valence-electron chi connectivity index (χ4n) is 1.52. The van der Waals surface area contributed by atoms with Crippen molar-refractivity contribution in [1.29, 1.82) is 0 Å². The fraction of sp³-hybridized carbons (Fsp3) is 0.300. The van der Waals surface area contributed by atoms with Crippen molar-refractivity contribution >= 4 is 16.7 Å². The van der Waals surface area contributed by atoms with E-state index >= 15 is 0 Å². The van der Waals surface area contributed by atoms with Gasteiger partial charge in [0.25, 0.3) is 4.92 Å². The lowest BCUT2D eigenvalue weighted by atomic mass is 10.1. The molecule has 0 spiro atoms. The minimum Gasteiger partial charge on any atom is -0.356 e. The largest absolute Gasteiger partial charge is 0.356 e. The third-order valence-corrected chi connectivity index (χ3v) is 2.30. The third kappa shape index (κ3) is 1.45. The Morgan fingerprint density at radius 3 is 2.80 bits per heavy atom. The van der Waals surface area contributed by atoms with Crippen molar-refractivity contribution in [3.63, 3.8) is 0 Å². The van der Waals surface area contributed by atoms with Gasteiger partial charge in [-0.15, -0.1) is 0 Å². The van der Waals surface area contributed by atoms with Gasteiger partial charge in [-0.1, -0.05) is 5.16 Å². The summed E-state index contributed by atoms with van der Waals surface area (Å²) in [5, 5.41) is 4.68. The maximum Gasteiger partial charge on any atom is 0.317 e. The van der Waals surface area contributed by atoms with E-state index in [9.17, 15) is 4.91 Å². The lowest BCUT2D eigenvalue weighted by Crippen LogP contribution is -1.98. The summed E-state index contributed by atoms with van der Waals surface area (Å²) >= 11 is 0. The zero-order valence-corrected chi connectivity index (χ0v) is 8.77. The van der Waals surface area contributed by atoms with Crippen LogP contribution in [0.2, 0.25) is 0 Å². The van der Waals surface area contributed by atoms with Crippen molar-refractivity contribution in [2.45, 2.75) is 13.8 Å². The van der Waals surface area contributed by atoms with Gasteiger partial charge < -0.3 is 4.52 Å². The van der Waals surface area contributed by atoms with Crippen LogP contribution in [0.5, 0.6) is 0 Å². The van der Waals surface area contributed by atoms with Gasteiger partial charge in [-0.2, -0.15) is 0 Å². The molecule has 0 N–H and O–H groups in total. The lowest BCUT2D eigenvalue weighted by Gasteiger charge is -1.93. The topological polar surface area (TPSA) is 55.3 Å². The predicted octanol–water partition coefficient (Wildman–Crippen LogP) is 2.42. The molecule has 0 atom stereocenters. The number of rotatable bonds is 2. The predicted molar refractivity (Wildman–Crippen MR) is 53.8 cm³/mol. The highest BCUT2D eigenvalue weighted by atomic mass is 16.8. The van der Waals surface area contributed by atoms with Crippen molar-refractivity contribution in [2.75, 3.05) is 7.11 Å². The number of hydrogen-bond acceptors (Lipinski definition) is 4. The Morgan fingerprint density at radius 2 is 2.13 bits per heavy atom. The Labute approximate surface area is 86.1 Å². The monoisotopic (exact) mass is 207 g/mol. The Morgan fingerprint density at radius 1 is 1.40 bits per heavy atom. The molecule has 1 aromatic heterocycles. The molecule has 1 aromatic carbocycles. The van der Waals surface area contributed by atoms with Crippen LogP contribution in [0, 0.1) is 18.8 Å². The van der Waals surface area contributed by atoms with Gasteiger partial charge >= 0.3 is 5.69 Å². The maximum atomic E-state index is 11.3. The second-order valence-corrected chi connectivity index (χ2v) is 3.35. The summed E-state index contributed by atoms with van der Waals surface area (Å²) in [7, 11) is 1.33. The van der Waals surface area contributed by atoms with Crippen molar-refractivity contribution in [3.05, 3.63) is 28.3 Å². The highest BCUT2D eigenvalue weighted by Gasteiger charge is 2.19. The standard InChI is InChI=1S/C10H11N2O3/c1-6-4-8(12(13)14-3)5-9-7(2)11-15-10(6)9/h4-5H,1-3H3/q+1. The maximum absolute atomic E-state index is 11.3. The number of nitrogens with zero attached hydrogens (tertiary/aromatic N) is 2. The van der Waals surface area contributed by atoms with Crippen LogP contribution >= 0.6 is 0 Å². The van der Waals surface area contributed by atoms with Gasteiger partial charge in [-0.25, -0.2) is 4.84 Å². The number of aryl methyl sites for hydroxylation is 2. The van der Waals surface area contributed by atoms with Crippen molar-refractivity contribution < 1.29 is 14.3 Å². The first kappa shape index (κ1) is 9.64. The normalized spacial score (nSPS) is 10.6. The van der Waals surface area contributed by atoms with Crippen LogP contribution in [0.25, 0.3) is 11.0 Å². The molecule has 0 aliphatic heterocycles. The summed E-state index contributed by atoms with van der Waals surface area (Å²) in [4.78, 5) is 16.3. The minimum atomic E-state index is 0.439.